The van der Waals surface area contributed by atoms with Crippen LogP contribution in [0.3, 0.4) is 0 Å². The van der Waals surface area contributed by atoms with Gasteiger partial charge >= 0.3 is 0 Å². The summed E-state index contributed by atoms with van der Waals surface area (Å²) in [6, 6.07) is -0.0654. The SMILES string of the molecule is CO[C@H]1CNCC1NC(=O)C(C)(Cl)Cl. The van der Waals surface area contributed by atoms with Crippen molar-refractivity contribution in [3.8, 4) is 0 Å². The second-order valence-corrected chi connectivity index (χ2v) is 5.11. The molecule has 0 spiro atoms. The van der Waals surface area contributed by atoms with Gasteiger partial charge in [-0.15, -0.1) is 0 Å². The van der Waals surface area contributed by atoms with Crippen molar-refractivity contribution in [1.29, 1.82) is 0 Å². The molecule has 0 aliphatic carbocycles. The van der Waals surface area contributed by atoms with Crippen molar-refractivity contribution in [2.24, 2.45) is 0 Å². The summed E-state index contributed by atoms with van der Waals surface area (Å²) in [5.41, 5.74) is 0. The standard InChI is InChI=1S/C8H14Cl2N2O2/c1-8(9,10)7(13)12-5-3-11-4-6(5)14-2/h5-6,11H,3-4H2,1-2H3,(H,12,13)/t5?,6-/m0/s1. The van der Waals surface area contributed by atoms with E-state index in [9.17, 15) is 4.79 Å². The van der Waals surface area contributed by atoms with Crippen LogP contribution in [0, 0.1) is 0 Å². The number of hydrogen-bond donors (Lipinski definition) is 2. The molecule has 1 saturated heterocycles. The van der Waals surface area contributed by atoms with E-state index in [1.54, 1.807) is 7.11 Å². The topological polar surface area (TPSA) is 50.4 Å². The lowest BCUT2D eigenvalue weighted by molar-refractivity contribution is -0.122. The summed E-state index contributed by atoms with van der Waals surface area (Å²) in [5, 5.41) is 5.83. The van der Waals surface area contributed by atoms with Crippen LogP contribution in [0.25, 0.3) is 0 Å². The van der Waals surface area contributed by atoms with Gasteiger partial charge in [-0.25, -0.2) is 0 Å². The molecule has 1 unspecified atom stereocenters. The highest BCUT2D eigenvalue weighted by molar-refractivity contribution is 6.57. The van der Waals surface area contributed by atoms with Gasteiger partial charge < -0.3 is 15.4 Å². The summed E-state index contributed by atoms with van der Waals surface area (Å²) >= 11 is 11.3. The van der Waals surface area contributed by atoms with Gasteiger partial charge in [-0.1, -0.05) is 23.2 Å². The van der Waals surface area contributed by atoms with Crippen molar-refractivity contribution < 1.29 is 9.53 Å². The lowest BCUT2D eigenvalue weighted by atomic mass is 10.2. The Bertz CT molecular complexity index is 218. The lowest BCUT2D eigenvalue weighted by Crippen LogP contribution is -2.48. The third kappa shape index (κ3) is 2.98. The fraction of sp³-hybridized carbons (Fsp3) is 0.875. The lowest BCUT2D eigenvalue weighted by Gasteiger charge is -2.21. The van der Waals surface area contributed by atoms with Crippen LogP contribution in [-0.2, 0) is 9.53 Å². The first-order valence-corrected chi connectivity index (χ1v) is 5.13. The van der Waals surface area contributed by atoms with Gasteiger partial charge in [0.2, 0.25) is 0 Å². The Hall–Kier alpha value is -0.0300. The molecular weight excluding hydrogens is 227 g/mol. The molecule has 0 aromatic carbocycles. The number of alkyl halides is 2. The van der Waals surface area contributed by atoms with E-state index in [2.05, 4.69) is 10.6 Å². The Kier molecular flexibility index (Phi) is 4.01. The number of hydrogen-bond acceptors (Lipinski definition) is 3. The molecule has 0 aromatic rings. The molecule has 6 heteroatoms. The van der Waals surface area contributed by atoms with Gasteiger partial charge in [-0.3, -0.25) is 4.79 Å². The Balaban J connectivity index is 2.48. The van der Waals surface area contributed by atoms with E-state index in [4.69, 9.17) is 27.9 Å². The zero-order chi connectivity index (χ0) is 10.8. The Morgan fingerprint density at radius 1 is 1.57 bits per heavy atom. The Morgan fingerprint density at radius 2 is 2.21 bits per heavy atom. The van der Waals surface area contributed by atoms with E-state index >= 15 is 0 Å². The maximum atomic E-state index is 11.4. The minimum atomic E-state index is -1.39. The van der Waals surface area contributed by atoms with Crippen molar-refractivity contribution in [1.82, 2.24) is 10.6 Å². The molecule has 1 rings (SSSR count). The minimum Gasteiger partial charge on any atom is -0.378 e. The van der Waals surface area contributed by atoms with Crippen LogP contribution in [0.15, 0.2) is 0 Å². The zero-order valence-corrected chi connectivity index (χ0v) is 9.65. The second kappa shape index (κ2) is 4.66. The number of nitrogens with one attached hydrogen (secondary N) is 2. The second-order valence-electron chi connectivity index (χ2n) is 3.40. The van der Waals surface area contributed by atoms with Crippen LogP contribution < -0.4 is 10.6 Å². The van der Waals surface area contributed by atoms with Crippen LogP contribution in [0.5, 0.6) is 0 Å². The normalized spacial score (nSPS) is 27.7. The number of ether oxygens (including phenoxy) is 1. The van der Waals surface area contributed by atoms with Crippen molar-refractivity contribution in [2.45, 2.75) is 23.4 Å². The molecule has 1 fully saturated rings. The minimum absolute atomic E-state index is 0.0189. The van der Waals surface area contributed by atoms with Crippen molar-refractivity contribution in [2.75, 3.05) is 20.2 Å². The summed E-state index contributed by atoms with van der Waals surface area (Å²) in [4.78, 5) is 11.4. The van der Waals surface area contributed by atoms with Crippen LogP contribution in [0.1, 0.15) is 6.92 Å². The quantitative estimate of drug-likeness (QED) is 0.698. The summed E-state index contributed by atoms with van der Waals surface area (Å²) in [5.74, 6) is -0.392. The molecule has 14 heavy (non-hydrogen) atoms. The van der Waals surface area contributed by atoms with Crippen LogP contribution >= 0.6 is 23.2 Å². The molecule has 1 aliphatic heterocycles. The monoisotopic (exact) mass is 240 g/mol. The highest BCUT2D eigenvalue weighted by Gasteiger charge is 2.34. The molecule has 0 aromatic heterocycles. The van der Waals surface area contributed by atoms with Crippen molar-refractivity contribution in [3.63, 3.8) is 0 Å². The first kappa shape index (κ1) is 12.0. The van der Waals surface area contributed by atoms with Gasteiger partial charge in [-0.2, -0.15) is 0 Å². The number of amides is 1. The highest BCUT2D eigenvalue weighted by Crippen LogP contribution is 2.20. The third-order valence-electron chi connectivity index (χ3n) is 2.18. The molecule has 2 N–H and O–H groups in total. The number of methoxy groups -OCH3 is 1. The van der Waals surface area contributed by atoms with E-state index in [0.29, 0.717) is 6.54 Å². The number of rotatable bonds is 3. The van der Waals surface area contributed by atoms with E-state index < -0.39 is 10.2 Å². The molecule has 1 heterocycles. The van der Waals surface area contributed by atoms with E-state index in [0.717, 1.165) is 6.54 Å². The number of carbonyl (C=O) groups is 1. The van der Waals surface area contributed by atoms with Gasteiger partial charge in [-0.05, 0) is 6.92 Å². The third-order valence-corrected chi connectivity index (χ3v) is 2.52. The van der Waals surface area contributed by atoms with Crippen LogP contribution in [0.2, 0.25) is 0 Å². The Morgan fingerprint density at radius 3 is 2.71 bits per heavy atom. The Labute approximate surface area is 93.3 Å². The first-order valence-electron chi connectivity index (χ1n) is 4.37. The largest absolute Gasteiger partial charge is 0.378 e. The van der Waals surface area contributed by atoms with E-state index in [1.165, 1.54) is 6.92 Å². The molecule has 1 amide bonds. The first-order chi connectivity index (χ1) is 6.45. The maximum absolute atomic E-state index is 11.4. The van der Waals surface area contributed by atoms with Gasteiger partial charge in [0, 0.05) is 20.2 Å². The van der Waals surface area contributed by atoms with Gasteiger partial charge in [0.1, 0.15) is 0 Å². The van der Waals surface area contributed by atoms with Crippen molar-refractivity contribution in [3.05, 3.63) is 0 Å². The van der Waals surface area contributed by atoms with Gasteiger partial charge in [0.15, 0.2) is 4.33 Å². The summed E-state index contributed by atoms with van der Waals surface area (Å²) in [6.45, 7) is 2.84. The molecule has 82 valence electrons. The molecule has 1 aliphatic rings. The maximum Gasteiger partial charge on any atom is 0.256 e. The van der Waals surface area contributed by atoms with E-state index in [-0.39, 0.29) is 12.1 Å². The van der Waals surface area contributed by atoms with Gasteiger partial charge in [0.25, 0.3) is 5.91 Å². The summed E-state index contributed by atoms with van der Waals surface area (Å²) in [7, 11) is 1.61. The molecule has 0 saturated carbocycles. The van der Waals surface area contributed by atoms with E-state index in [1.807, 2.05) is 0 Å². The average molecular weight is 241 g/mol. The highest BCUT2D eigenvalue weighted by atomic mass is 35.5. The molecule has 0 radical (unpaired) electrons. The zero-order valence-electron chi connectivity index (χ0n) is 8.14. The van der Waals surface area contributed by atoms with Gasteiger partial charge in [0.05, 0.1) is 12.1 Å². The predicted octanol–water partition coefficient (Wildman–Crippen LogP) is 0.283. The predicted molar refractivity (Wildman–Crippen MR) is 55.7 cm³/mol. The number of halogens is 2. The summed E-state index contributed by atoms with van der Waals surface area (Å²) in [6.07, 6.45) is -0.0189. The number of carbonyl (C=O) groups excluding carboxylic acids is 1. The molecular formula is C8H14Cl2N2O2. The fourth-order valence-corrected chi connectivity index (χ4v) is 1.45. The summed E-state index contributed by atoms with van der Waals surface area (Å²) < 4.78 is 3.79. The molecule has 2 atom stereocenters. The van der Waals surface area contributed by atoms with Crippen LogP contribution in [0.4, 0.5) is 0 Å². The average Bonchev–Trinajstić information content (AvgIpc) is 2.50. The van der Waals surface area contributed by atoms with Crippen LogP contribution in [-0.4, -0.2) is 42.6 Å². The molecule has 4 nitrogen and oxygen atoms in total. The smallest absolute Gasteiger partial charge is 0.256 e. The molecule has 0 bridgehead atoms. The van der Waals surface area contributed by atoms with Crippen molar-refractivity contribution >= 4 is 29.1 Å². The fourth-order valence-electron chi connectivity index (χ4n) is 1.34.